The van der Waals surface area contributed by atoms with Gasteiger partial charge in [0.05, 0.1) is 11.1 Å². The highest BCUT2D eigenvalue weighted by Crippen LogP contribution is 2.48. The van der Waals surface area contributed by atoms with Crippen molar-refractivity contribution in [3.8, 4) is 0 Å². The summed E-state index contributed by atoms with van der Waals surface area (Å²) in [6, 6.07) is 11.9. The number of fused-ring (bicyclic) bond motifs is 1. The third-order valence-corrected chi connectivity index (χ3v) is 7.72. The van der Waals surface area contributed by atoms with Gasteiger partial charge in [0.15, 0.2) is 9.84 Å². The third-order valence-electron chi connectivity index (χ3n) is 5.91. The van der Waals surface area contributed by atoms with Crippen molar-refractivity contribution >= 4 is 38.1 Å². The predicted molar refractivity (Wildman–Crippen MR) is 123 cm³/mol. The van der Waals surface area contributed by atoms with Gasteiger partial charge in [-0.2, -0.15) is 13.2 Å². The highest BCUT2D eigenvalue weighted by atomic mass is 32.2. The number of alkyl halides is 3. The number of rotatable bonds is 4. The number of carboxylic acid groups (broad SMARTS) is 1. The summed E-state index contributed by atoms with van der Waals surface area (Å²) in [5.41, 5.74) is 4.39. The molecule has 0 radical (unpaired) electrons. The molecule has 3 N–H and O–H groups in total. The summed E-state index contributed by atoms with van der Waals surface area (Å²) < 4.78 is 66.0. The highest BCUT2D eigenvalue weighted by molar-refractivity contribution is 7.91. The normalized spacial score (nSPS) is 18.6. The Labute approximate surface area is 193 Å². The van der Waals surface area contributed by atoms with E-state index in [2.05, 4.69) is 4.98 Å². The molecule has 0 spiro atoms. The van der Waals surface area contributed by atoms with E-state index >= 15 is 0 Å². The number of nitrogens with two attached hydrogens (primary N) is 1. The maximum Gasteiger partial charge on any atom is 0.418 e. The quantitative estimate of drug-likeness (QED) is 0.545. The molecule has 176 valence electrons. The summed E-state index contributed by atoms with van der Waals surface area (Å²) in [7, 11) is -4.15. The summed E-state index contributed by atoms with van der Waals surface area (Å²) in [5, 5.41) is 9.71. The largest absolute Gasteiger partial charge is 0.478 e. The summed E-state index contributed by atoms with van der Waals surface area (Å²) >= 11 is 0. The van der Waals surface area contributed by atoms with Gasteiger partial charge in [-0.25, -0.2) is 18.2 Å². The van der Waals surface area contributed by atoms with Crippen LogP contribution in [0.5, 0.6) is 0 Å². The lowest BCUT2D eigenvalue weighted by Gasteiger charge is -2.35. The molecule has 0 saturated heterocycles. The van der Waals surface area contributed by atoms with Crippen molar-refractivity contribution in [3.05, 3.63) is 89.0 Å². The van der Waals surface area contributed by atoms with Crippen LogP contribution >= 0.6 is 0 Å². The molecule has 2 aromatic carbocycles. The second-order valence-electron chi connectivity index (χ2n) is 8.01. The number of aromatic nitrogens is 1. The molecule has 4 rings (SSSR count). The van der Waals surface area contributed by atoms with Crippen LogP contribution in [0.15, 0.2) is 66.8 Å². The van der Waals surface area contributed by atoms with Crippen LogP contribution in [0.25, 0.3) is 16.5 Å². The van der Waals surface area contributed by atoms with Gasteiger partial charge in [-0.05, 0) is 17.2 Å². The first-order valence-electron chi connectivity index (χ1n) is 10.0. The Hall–Kier alpha value is -3.66. The van der Waals surface area contributed by atoms with Gasteiger partial charge in [-0.1, -0.05) is 60.7 Å². The first-order chi connectivity index (χ1) is 15.9. The van der Waals surface area contributed by atoms with Crippen molar-refractivity contribution < 1.29 is 31.5 Å². The van der Waals surface area contributed by atoms with E-state index in [1.165, 1.54) is 18.2 Å². The van der Waals surface area contributed by atoms with Crippen LogP contribution in [0, 0.1) is 0 Å². The fraction of sp³-hybridized carbons (Fsp3) is 0.167. The number of anilines is 1. The molecular weight excluding hydrogens is 469 g/mol. The zero-order chi connectivity index (χ0) is 24.9. The van der Waals surface area contributed by atoms with Crippen LogP contribution in [0.1, 0.15) is 33.5 Å². The molecule has 6 nitrogen and oxygen atoms in total. The van der Waals surface area contributed by atoms with E-state index in [-0.39, 0.29) is 17.4 Å². The lowest BCUT2D eigenvalue weighted by Crippen LogP contribution is -2.37. The topological polar surface area (TPSA) is 110 Å². The molecule has 0 amide bonds. The van der Waals surface area contributed by atoms with Crippen LogP contribution < -0.4 is 5.73 Å². The number of nitrogen functional groups attached to an aromatic ring is 1. The Morgan fingerprint density at radius 1 is 1.12 bits per heavy atom. The van der Waals surface area contributed by atoms with Gasteiger partial charge < -0.3 is 10.8 Å². The molecule has 10 heteroatoms. The predicted octanol–water partition coefficient (Wildman–Crippen LogP) is 4.82. The number of benzene rings is 2. The molecule has 0 saturated carbocycles. The minimum absolute atomic E-state index is 0.207. The molecule has 0 aliphatic heterocycles. The van der Waals surface area contributed by atoms with Crippen molar-refractivity contribution in [2.75, 3.05) is 12.0 Å². The Morgan fingerprint density at radius 2 is 1.79 bits per heavy atom. The Balaban J connectivity index is 2.15. The van der Waals surface area contributed by atoms with E-state index in [4.69, 9.17) is 5.73 Å². The van der Waals surface area contributed by atoms with Gasteiger partial charge in [-0.15, -0.1) is 0 Å². The Kier molecular flexibility index (Phi) is 5.52. The summed E-state index contributed by atoms with van der Waals surface area (Å²) in [6.07, 6.45) is 0.350. The van der Waals surface area contributed by atoms with Crippen molar-refractivity contribution in [2.45, 2.75) is 17.3 Å². The molecular formula is C24H19F3N2O4S. The molecule has 0 bridgehead atoms. The number of para-hydroxylation sites is 1. The average Bonchev–Trinajstić information content (AvgIpc) is 2.76. The number of pyridine rings is 1. The molecule has 34 heavy (non-hydrogen) atoms. The summed E-state index contributed by atoms with van der Waals surface area (Å²) in [5.74, 6) is -2.29. The van der Waals surface area contributed by atoms with E-state index in [1.54, 1.807) is 36.4 Å². The minimum Gasteiger partial charge on any atom is -0.478 e. The van der Waals surface area contributed by atoms with E-state index in [1.807, 2.05) is 0 Å². The van der Waals surface area contributed by atoms with Crippen LogP contribution in [-0.4, -0.2) is 30.7 Å². The molecule has 0 fully saturated rings. The van der Waals surface area contributed by atoms with E-state index < -0.39 is 49.2 Å². The molecule has 1 aliphatic rings. The number of hydrogen-bond acceptors (Lipinski definition) is 5. The summed E-state index contributed by atoms with van der Waals surface area (Å²) in [4.78, 5) is 16.0. The van der Waals surface area contributed by atoms with Crippen molar-refractivity contribution in [3.63, 3.8) is 0 Å². The number of aromatic carboxylic acids is 1. The standard InChI is InChI=1S/C24H19F3N2O4S/c1-34(32,33)23(12-6-9-15(13-23)14-7-3-2-4-8-14)19-16-10-5-11-17(24(25,26)27)20(16)29-21(28)18(19)22(30)31/h2-12H,13H2,1H3,(H2,28,29)(H,30,31). The van der Waals surface area contributed by atoms with Crippen LogP contribution in [-0.2, 0) is 20.8 Å². The third kappa shape index (κ3) is 3.73. The summed E-state index contributed by atoms with van der Waals surface area (Å²) in [6.45, 7) is 0. The monoisotopic (exact) mass is 488 g/mol. The van der Waals surface area contributed by atoms with E-state index in [9.17, 15) is 31.5 Å². The van der Waals surface area contributed by atoms with Crippen molar-refractivity contribution in [1.29, 1.82) is 0 Å². The average molecular weight is 488 g/mol. The van der Waals surface area contributed by atoms with Crippen LogP contribution in [0.4, 0.5) is 19.0 Å². The van der Waals surface area contributed by atoms with E-state index in [0.29, 0.717) is 11.1 Å². The fourth-order valence-electron chi connectivity index (χ4n) is 4.37. The smallest absolute Gasteiger partial charge is 0.418 e. The van der Waals surface area contributed by atoms with E-state index in [0.717, 1.165) is 18.4 Å². The number of halogens is 3. The number of carbonyl (C=O) groups is 1. The van der Waals surface area contributed by atoms with Gasteiger partial charge in [0.1, 0.15) is 16.1 Å². The maximum atomic E-state index is 13.8. The number of sulfone groups is 1. The van der Waals surface area contributed by atoms with Crippen molar-refractivity contribution in [2.24, 2.45) is 0 Å². The molecule has 3 aromatic rings. The Morgan fingerprint density at radius 3 is 2.38 bits per heavy atom. The second-order valence-corrected chi connectivity index (χ2v) is 10.3. The molecule has 1 aliphatic carbocycles. The molecule has 1 unspecified atom stereocenters. The first kappa shape index (κ1) is 23.5. The zero-order valence-corrected chi connectivity index (χ0v) is 18.6. The lowest BCUT2D eigenvalue weighted by atomic mass is 9.80. The molecule has 1 aromatic heterocycles. The number of nitrogens with zero attached hydrogens (tertiary/aromatic N) is 1. The van der Waals surface area contributed by atoms with Gasteiger partial charge >= 0.3 is 12.1 Å². The second kappa shape index (κ2) is 7.98. The van der Waals surface area contributed by atoms with Crippen LogP contribution in [0.3, 0.4) is 0 Å². The first-order valence-corrected chi connectivity index (χ1v) is 11.9. The van der Waals surface area contributed by atoms with Gasteiger partial charge in [0.25, 0.3) is 0 Å². The maximum absolute atomic E-state index is 13.8. The SMILES string of the molecule is CS(=O)(=O)C1(c2c(C(=O)O)c(N)nc3c(C(F)(F)F)cccc23)C=CC=C(c2ccccc2)C1. The van der Waals surface area contributed by atoms with Crippen LogP contribution in [0.2, 0.25) is 0 Å². The minimum atomic E-state index is -4.82. The van der Waals surface area contributed by atoms with Crippen molar-refractivity contribution in [1.82, 2.24) is 4.98 Å². The van der Waals surface area contributed by atoms with Gasteiger partial charge in [-0.3, -0.25) is 0 Å². The lowest BCUT2D eigenvalue weighted by molar-refractivity contribution is -0.136. The molecule has 1 atom stereocenters. The van der Waals surface area contributed by atoms with Gasteiger partial charge in [0.2, 0.25) is 0 Å². The zero-order valence-electron chi connectivity index (χ0n) is 17.8. The number of hydrogen-bond donors (Lipinski definition) is 2. The van der Waals surface area contributed by atoms with Gasteiger partial charge in [0, 0.05) is 23.6 Å². The molecule has 1 heterocycles. The number of allylic oxidation sites excluding steroid dienone is 3. The fourth-order valence-corrected chi connectivity index (χ4v) is 5.70. The highest BCUT2D eigenvalue weighted by Gasteiger charge is 2.47. The number of carboxylic acids is 1. The Bertz CT molecular complexity index is 1480.